The molecule has 1 atom stereocenters. The third-order valence-corrected chi connectivity index (χ3v) is 5.81. The molecule has 2 aromatic heterocycles. The number of amides is 3. The van der Waals surface area contributed by atoms with Crippen LogP contribution >= 0.6 is 0 Å². The fourth-order valence-corrected chi connectivity index (χ4v) is 4.07. The lowest BCUT2D eigenvalue weighted by molar-refractivity contribution is 0.0730. The van der Waals surface area contributed by atoms with E-state index in [4.69, 9.17) is 0 Å². The van der Waals surface area contributed by atoms with Crippen LogP contribution in [0.15, 0.2) is 54.7 Å². The van der Waals surface area contributed by atoms with E-state index in [-0.39, 0.29) is 18.0 Å². The average molecular weight is 433 g/mol. The van der Waals surface area contributed by atoms with Crippen molar-refractivity contribution >= 4 is 28.5 Å². The van der Waals surface area contributed by atoms with Crippen molar-refractivity contribution in [3.8, 4) is 0 Å². The molecule has 1 aliphatic rings. The number of carbonyl (C=O) groups is 2. The van der Waals surface area contributed by atoms with Gasteiger partial charge in [0.15, 0.2) is 0 Å². The van der Waals surface area contributed by atoms with Gasteiger partial charge in [0.25, 0.3) is 5.91 Å². The van der Waals surface area contributed by atoms with Gasteiger partial charge in [-0.3, -0.25) is 19.7 Å². The molecule has 3 amide bonds. The summed E-state index contributed by atoms with van der Waals surface area (Å²) in [6, 6.07) is 14.9. The number of nitrogens with zero attached hydrogens (tertiary/aromatic N) is 4. The largest absolute Gasteiger partial charge is 0.337 e. The molecule has 32 heavy (non-hydrogen) atoms. The number of likely N-dealkylation sites (tertiary alicyclic amines) is 1. The second kappa shape index (κ2) is 9.74. The number of pyridine rings is 2. The molecule has 8 heteroatoms. The van der Waals surface area contributed by atoms with Gasteiger partial charge in [-0.1, -0.05) is 24.3 Å². The third kappa shape index (κ3) is 5.03. The highest BCUT2D eigenvalue weighted by Crippen LogP contribution is 2.22. The highest BCUT2D eigenvalue weighted by molar-refractivity contribution is 6.00. The van der Waals surface area contributed by atoms with Crippen molar-refractivity contribution in [2.24, 2.45) is 0 Å². The molecule has 4 rings (SSSR count). The second-order valence-electron chi connectivity index (χ2n) is 8.08. The molecule has 1 unspecified atom stereocenters. The molecule has 0 spiro atoms. The minimum absolute atomic E-state index is 0.0603. The fraction of sp³-hybridized carbons (Fsp3) is 0.333. The molecule has 1 fully saturated rings. The summed E-state index contributed by atoms with van der Waals surface area (Å²) in [7, 11) is 1.83. The van der Waals surface area contributed by atoms with Crippen LogP contribution in [-0.4, -0.2) is 71.0 Å². The van der Waals surface area contributed by atoms with Gasteiger partial charge in [-0.2, -0.15) is 0 Å². The lowest BCUT2D eigenvalue weighted by Crippen LogP contribution is -2.41. The zero-order valence-electron chi connectivity index (χ0n) is 18.4. The maximum atomic E-state index is 12.6. The SMILES string of the molecule is Cc1cc(NC(=O)NCCN2CCC(N(C)C(=O)c3ccccn3)C2)c2ccccc2n1. The van der Waals surface area contributed by atoms with Crippen LogP contribution in [0.4, 0.5) is 10.5 Å². The van der Waals surface area contributed by atoms with Gasteiger partial charge in [0, 0.05) is 56.5 Å². The number of para-hydroxylation sites is 1. The molecule has 1 saturated heterocycles. The zero-order chi connectivity index (χ0) is 22.5. The molecule has 2 N–H and O–H groups in total. The van der Waals surface area contributed by atoms with E-state index in [0.717, 1.165) is 48.3 Å². The van der Waals surface area contributed by atoms with Gasteiger partial charge in [0.05, 0.1) is 11.2 Å². The summed E-state index contributed by atoms with van der Waals surface area (Å²) in [6.07, 6.45) is 2.54. The van der Waals surface area contributed by atoms with Crippen LogP contribution in [0.2, 0.25) is 0 Å². The van der Waals surface area contributed by atoms with Crippen LogP contribution in [-0.2, 0) is 0 Å². The Kier molecular flexibility index (Phi) is 6.61. The predicted molar refractivity (Wildman–Crippen MR) is 125 cm³/mol. The first kappa shape index (κ1) is 21.7. The number of aromatic nitrogens is 2. The summed E-state index contributed by atoms with van der Waals surface area (Å²) in [6.45, 7) is 4.84. The van der Waals surface area contributed by atoms with E-state index < -0.39 is 0 Å². The zero-order valence-corrected chi connectivity index (χ0v) is 18.4. The Hall–Kier alpha value is -3.52. The molecule has 0 radical (unpaired) electrons. The normalized spacial score (nSPS) is 16.1. The number of nitrogens with one attached hydrogen (secondary N) is 2. The monoisotopic (exact) mass is 432 g/mol. The highest BCUT2D eigenvalue weighted by atomic mass is 16.2. The first-order valence-corrected chi connectivity index (χ1v) is 10.8. The maximum Gasteiger partial charge on any atom is 0.319 e. The van der Waals surface area contributed by atoms with Crippen molar-refractivity contribution < 1.29 is 9.59 Å². The standard InChI is InChI=1S/C24H28N6O2/c1-17-15-22(19-7-3-4-8-20(19)27-17)28-24(32)26-12-14-30-13-10-18(16-30)29(2)23(31)21-9-5-6-11-25-21/h3-9,11,15,18H,10,12-14,16H2,1-2H3,(H2,26,27,28,32). The Morgan fingerprint density at radius 1 is 1.19 bits per heavy atom. The number of hydrogen-bond acceptors (Lipinski definition) is 5. The van der Waals surface area contributed by atoms with E-state index in [1.54, 1.807) is 23.2 Å². The van der Waals surface area contributed by atoms with E-state index in [1.807, 2.05) is 50.4 Å². The van der Waals surface area contributed by atoms with Gasteiger partial charge < -0.3 is 15.5 Å². The minimum Gasteiger partial charge on any atom is -0.337 e. The number of benzene rings is 1. The number of hydrogen-bond donors (Lipinski definition) is 2. The maximum absolute atomic E-state index is 12.6. The fourth-order valence-electron chi connectivity index (χ4n) is 4.07. The van der Waals surface area contributed by atoms with Gasteiger partial charge in [0.1, 0.15) is 5.69 Å². The molecular formula is C24H28N6O2. The lowest BCUT2D eigenvalue weighted by Gasteiger charge is -2.24. The summed E-state index contributed by atoms with van der Waals surface area (Å²) in [5, 5.41) is 6.79. The number of likely N-dealkylation sites (N-methyl/N-ethyl adjacent to an activating group) is 1. The number of rotatable bonds is 6. The number of urea groups is 1. The Balaban J connectivity index is 1.25. The van der Waals surface area contributed by atoms with Crippen LogP contribution in [0.1, 0.15) is 22.6 Å². The van der Waals surface area contributed by atoms with E-state index in [0.29, 0.717) is 12.2 Å². The minimum atomic E-state index is -0.237. The Labute approximate surface area is 187 Å². The van der Waals surface area contributed by atoms with E-state index in [2.05, 4.69) is 25.5 Å². The van der Waals surface area contributed by atoms with Crippen LogP contribution in [0, 0.1) is 6.92 Å². The number of fused-ring (bicyclic) bond motifs is 1. The summed E-state index contributed by atoms with van der Waals surface area (Å²) < 4.78 is 0. The molecule has 1 aliphatic heterocycles. The van der Waals surface area contributed by atoms with Crippen LogP contribution in [0.25, 0.3) is 10.9 Å². The smallest absolute Gasteiger partial charge is 0.319 e. The molecule has 8 nitrogen and oxygen atoms in total. The van der Waals surface area contributed by atoms with Gasteiger partial charge in [-0.15, -0.1) is 0 Å². The van der Waals surface area contributed by atoms with Crippen molar-refractivity contribution in [3.63, 3.8) is 0 Å². The van der Waals surface area contributed by atoms with Crippen LogP contribution < -0.4 is 10.6 Å². The Bertz CT molecular complexity index is 1100. The molecular weight excluding hydrogens is 404 g/mol. The van der Waals surface area contributed by atoms with Gasteiger partial charge >= 0.3 is 6.03 Å². The molecule has 0 bridgehead atoms. The van der Waals surface area contributed by atoms with E-state index >= 15 is 0 Å². The quantitative estimate of drug-likeness (QED) is 0.625. The number of carbonyl (C=O) groups excluding carboxylic acids is 2. The molecule has 1 aromatic carbocycles. The highest BCUT2D eigenvalue weighted by Gasteiger charge is 2.29. The second-order valence-corrected chi connectivity index (χ2v) is 8.08. The molecule has 166 valence electrons. The third-order valence-electron chi connectivity index (χ3n) is 5.81. The Morgan fingerprint density at radius 2 is 2.00 bits per heavy atom. The first-order valence-electron chi connectivity index (χ1n) is 10.8. The van der Waals surface area contributed by atoms with Crippen LogP contribution in [0.5, 0.6) is 0 Å². The molecule has 3 aromatic rings. The summed E-state index contributed by atoms with van der Waals surface area (Å²) >= 11 is 0. The first-order chi connectivity index (χ1) is 15.5. The summed E-state index contributed by atoms with van der Waals surface area (Å²) in [5.74, 6) is -0.0603. The van der Waals surface area contributed by atoms with Crippen molar-refractivity contribution in [1.29, 1.82) is 0 Å². The van der Waals surface area contributed by atoms with Crippen molar-refractivity contribution in [2.75, 3.05) is 38.5 Å². The number of aryl methyl sites for hydroxylation is 1. The van der Waals surface area contributed by atoms with E-state index in [9.17, 15) is 9.59 Å². The van der Waals surface area contributed by atoms with Gasteiger partial charge in [0.2, 0.25) is 0 Å². The predicted octanol–water partition coefficient (Wildman–Crippen LogP) is 2.91. The van der Waals surface area contributed by atoms with Crippen molar-refractivity contribution in [1.82, 2.24) is 25.1 Å². The molecule has 0 aliphatic carbocycles. The van der Waals surface area contributed by atoms with E-state index in [1.165, 1.54) is 0 Å². The number of anilines is 1. The summed E-state index contributed by atoms with van der Waals surface area (Å²) in [5.41, 5.74) is 2.92. The Morgan fingerprint density at radius 3 is 2.81 bits per heavy atom. The van der Waals surface area contributed by atoms with Crippen molar-refractivity contribution in [2.45, 2.75) is 19.4 Å². The van der Waals surface area contributed by atoms with Gasteiger partial charge in [-0.05, 0) is 37.6 Å². The lowest BCUT2D eigenvalue weighted by atomic mass is 10.1. The topological polar surface area (TPSA) is 90.5 Å². The average Bonchev–Trinajstić information content (AvgIpc) is 3.27. The summed E-state index contributed by atoms with van der Waals surface area (Å²) in [4.78, 5) is 37.7. The van der Waals surface area contributed by atoms with Gasteiger partial charge in [-0.25, -0.2) is 4.79 Å². The van der Waals surface area contributed by atoms with Crippen LogP contribution in [0.3, 0.4) is 0 Å². The van der Waals surface area contributed by atoms with Crippen molar-refractivity contribution in [3.05, 3.63) is 66.1 Å². The molecule has 3 heterocycles. The molecule has 0 saturated carbocycles.